The molecule has 0 spiro atoms. The summed E-state index contributed by atoms with van der Waals surface area (Å²) in [5, 5.41) is 0.512. The monoisotopic (exact) mass is 294 g/mol. The lowest BCUT2D eigenvalue weighted by atomic mass is 10.2. The minimum atomic E-state index is -3.47. The van der Waals surface area contributed by atoms with E-state index in [1.54, 1.807) is 12.1 Å². The number of hydrogen-bond acceptors (Lipinski definition) is 2. The van der Waals surface area contributed by atoms with E-state index in [4.69, 9.17) is 11.6 Å². The van der Waals surface area contributed by atoms with Gasteiger partial charge in [0.2, 0.25) is 10.0 Å². The second-order valence-electron chi connectivity index (χ2n) is 3.99. The van der Waals surface area contributed by atoms with E-state index in [1.165, 1.54) is 12.1 Å². The summed E-state index contributed by atoms with van der Waals surface area (Å²) in [4.78, 5) is 0.217. The van der Waals surface area contributed by atoms with E-state index in [0.717, 1.165) is 5.56 Å². The normalized spacial score (nSPS) is 11.4. The molecule has 0 aliphatic rings. The fourth-order valence-electron chi connectivity index (χ4n) is 1.60. The van der Waals surface area contributed by atoms with Crippen LogP contribution in [0, 0.1) is 6.07 Å². The average Bonchev–Trinajstić information content (AvgIpc) is 2.40. The highest BCUT2D eigenvalue weighted by Crippen LogP contribution is 2.13. The van der Waals surface area contributed by atoms with E-state index >= 15 is 0 Å². The van der Waals surface area contributed by atoms with Gasteiger partial charge in [-0.3, -0.25) is 0 Å². The van der Waals surface area contributed by atoms with E-state index in [9.17, 15) is 8.42 Å². The highest BCUT2D eigenvalue weighted by molar-refractivity contribution is 7.89. The van der Waals surface area contributed by atoms with Crippen LogP contribution in [0.1, 0.15) is 5.56 Å². The summed E-state index contributed by atoms with van der Waals surface area (Å²) in [6.07, 6.45) is 0.605. The number of halogens is 1. The largest absolute Gasteiger partial charge is 0.240 e. The molecule has 0 bridgehead atoms. The third kappa shape index (κ3) is 4.06. The standard InChI is InChI=1S/C14H13ClNO2S/c15-13-6-8-14(9-7-13)19(17,18)16-11-10-12-4-2-1-3-5-12/h1-4,6-9,16H,10-11H2. The van der Waals surface area contributed by atoms with Gasteiger partial charge in [0.05, 0.1) is 4.90 Å². The molecule has 0 aliphatic heterocycles. The predicted octanol–water partition coefficient (Wildman–Crippen LogP) is 2.66. The van der Waals surface area contributed by atoms with Crippen LogP contribution in [0.4, 0.5) is 0 Å². The Labute approximate surface area is 118 Å². The van der Waals surface area contributed by atoms with Crippen LogP contribution >= 0.6 is 11.6 Å². The Morgan fingerprint density at radius 3 is 2.47 bits per heavy atom. The lowest BCUT2D eigenvalue weighted by Crippen LogP contribution is -2.25. The van der Waals surface area contributed by atoms with Crippen molar-refractivity contribution in [1.29, 1.82) is 0 Å². The summed E-state index contributed by atoms with van der Waals surface area (Å²) in [5.41, 5.74) is 0.973. The van der Waals surface area contributed by atoms with Gasteiger partial charge in [-0.05, 0) is 42.3 Å². The Morgan fingerprint density at radius 1 is 1.11 bits per heavy atom. The van der Waals surface area contributed by atoms with Gasteiger partial charge < -0.3 is 0 Å². The van der Waals surface area contributed by atoms with Gasteiger partial charge in [0, 0.05) is 11.6 Å². The third-order valence-electron chi connectivity index (χ3n) is 2.58. The van der Waals surface area contributed by atoms with Crippen molar-refractivity contribution in [2.75, 3.05) is 6.54 Å². The number of nitrogens with one attached hydrogen (secondary N) is 1. The zero-order valence-corrected chi connectivity index (χ0v) is 11.7. The van der Waals surface area contributed by atoms with Crippen molar-refractivity contribution in [1.82, 2.24) is 4.72 Å². The average molecular weight is 295 g/mol. The summed E-state index contributed by atoms with van der Waals surface area (Å²) in [7, 11) is -3.47. The third-order valence-corrected chi connectivity index (χ3v) is 4.31. The smallest absolute Gasteiger partial charge is 0.211 e. The summed E-state index contributed by atoms with van der Waals surface area (Å²) in [6, 6.07) is 16.6. The van der Waals surface area contributed by atoms with Gasteiger partial charge in [-0.15, -0.1) is 0 Å². The molecule has 0 saturated carbocycles. The second-order valence-corrected chi connectivity index (χ2v) is 6.19. The number of rotatable bonds is 5. The summed E-state index contributed by atoms with van der Waals surface area (Å²) < 4.78 is 26.5. The molecule has 0 saturated heterocycles. The lowest BCUT2D eigenvalue weighted by molar-refractivity contribution is 0.581. The van der Waals surface area contributed by atoms with Crippen molar-refractivity contribution in [3.63, 3.8) is 0 Å². The minimum absolute atomic E-state index is 0.217. The Kier molecular flexibility index (Phi) is 4.58. The molecule has 19 heavy (non-hydrogen) atoms. The first-order valence-corrected chi connectivity index (χ1v) is 7.65. The topological polar surface area (TPSA) is 46.2 Å². The van der Waals surface area contributed by atoms with Crippen molar-refractivity contribution in [3.05, 3.63) is 65.2 Å². The summed E-state index contributed by atoms with van der Waals surface area (Å²) >= 11 is 5.73. The molecule has 0 unspecified atom stereocenters. The SMILES string of the molecule is O=S(=O)(NCCc1[c]cccc1)c1ccc(Cl)cc1. The van der Waals surface area contributed by atoms with Gasteiger partial charge >= 0.3 is 0 Å². The van der Waals surface area contributed by atoms with Crippen molar-refractivity contribution in [3.8, 4) is 0 Å². The van der Waals surface area contributed by atoms with Gasteiger partial charge in [-0.1, -0.05) is 35.9 Å². The van der Waals surface area contributed by atoms with Crippen LogP contribution in [0.2, 0.25) is 5.02 Å². The van der Waals surface area contributed by atoms with Crippen LogP contribution in [-0.4, -0.2) is 15.0 Å². The highest BCUT2D eigenvalue weighted by Gasteiger charge is 2.12. The molecule has 0 aliphatic carbocycles. The fourth-order valence-corrected chi connectivity index (χ4v) is 2.76. The lowest BCUT2D eigenvalue weighted by Gasteiger charge is -2.06. The van der Waals surface area contributed by atoms with Crippen molar-refractivity contribution < 1.29 is 8.42 Å². The molecule has 0 atom stereocenters. The quantitative estimate of drug-likeness (QED) is 0.921. The zero-order chi connectivity index (χ0) is 13.7. The maximum Gasteiger partial charge on any atom is 0.240 e. The Balaban J connectivity index is 1.97. The van der Waals surface area contributed by atoms with Gasteiger partial charge in [-0.25, -0.2) is 13.1 Å². The minimum Gasteiger partial charge on any atom is -0.211 e. The molecule has 3 nitrogen and oxygen atoms in total. The fraction of sp³-hybridized carbons (Fsp3) is 0.143. The van der Waals surface area contributed by atoms with E-state index < -0.39 is 10.0 Å². The van der Waals surface area contributed by atoms with E-state index in [2.05, 4.69) is 10.8 Å². The van der Waals surface area contributed by atoms with Crippen LogP contribution in [0.3, 0.4) is 0 Å². The Morgan fingerprint density at radius 2 is 1.84 bits per heavy atom. The van der Waals surface area contributed by atoms with Crippen molar-refractivity contribution in [2.45, 2.75) is 11.3 Å². The number of sulfonamides is 1. The molecule has 0 fully saturated rings. The zero-order valence-electron chi connectivity index (χ0n) is 10.1. The van der Waals surface area contributed by atoms with E-state index in [-0.39, 0.29) is 4.90 Å². The van der Waals surface area contributed by atoms with Crippen LogP contribution in [0.15, 0.2) is 53.4 Å². The molecular weight excluding hydrogens is 282 g/mol. The van der Waals surface area contributed by atoms with Crippen LogP contribution < -0.4 is 4.72 Å². The van der Waals surface area contributed by atoms with Gasteiger partial charge in [0.1, 0.15) is 0 Å². The molecule has 2 aromatic rings. The predicted molar refractivity (Wildman–Crippen MR) is 75.6 cm³/mol. The van der Waals surface area contributed by atoms with Crippen molar-refractivity contribution in [2.24, 2.45) is 0 Å². The first-order valence-electron chi connectivity index (χ1n) is 5.79. The maximum atomic E-state index is 12.0. The summed E-state index contributed by atoms with van der Waals surface area (Å²) in [5.74, 6) is 0. The molecule has 0 aromatic heterocycles. The molecule has 99 valence electrons. The molecule has 1 radical (unpaired) electrons. The molecule has 5 heteroatoms. The van der Waals surface area contributed by atoms with Crippen molar-refractivity contribution >= 4 is 21.6 Å². The van der Waals surface area contributed by atoms with Crippen LogP contribution in [0.5, 0.6) is 0 Å². The van der Waals surface area contributed by atoms with Crippen LogP contribution in [-0.2, 0) is 16.4 Å². The highest BCUT2D eigenvalue weighted by atomic mass is 35.5. The molecule has 1 N–H and O–H groups in total. The Bertz CT molecular complexity index is 624. The first-order chi connectivity index (χ1) is 9.08. The summed E-state index contributed by atoms with van der Waals surface area (Å²) in [6.45, 7) is 0.339. The molecule has 2 rings (SSSR count). The number of benzene rings is 2. The maximum absolute atomic E-state index is 12.0. The molecule has 2 aromatic carbocycles. The molecular formula is C14H13ClNO2S. The first kappa shape index (κ1) is 14.1. The second kappa shape index (κ2) is 6.19. The van der Waals surface area contributed by atoms with E-state index in [1.807, 2.05) is 24.3 Å². The Hall–Kier alpha value is -1.36. The van der Waals surface area contributed by atoms with Gasteiger partial charge in [-0.2, -0.15) is 0 Å². The van der Waals surface area contributed by atoms with Gasteiger partial charge in [0.25, 0.3) is 0 Å². The van der Waals surface area contributed by atoms with E-state index in [0.29, 0.717) is 18.0 Å². The van der Waals surface area contributed by atoms with Gasteiger partial charge in [0.15, 0.2) is 0 Å². The molecule has 0 amide bonds. The molecule has 0 heterocycles. The number of hydrogen-bond donors (Lipinski definition) is 1. The van der Waals surface area contributed by atoms with Crippen LogP contribution in [0.25, 0.3) is 0 Å².